The number of fused-ring (bicyclic) bond motifs is 1. The van der Waals surface area contributed by atoms with Gasteiger partial charge < -0.3 is 15.2 Å². The Morgan fingerprint density at radius 3 is 2.34 bits per heavy atom. The summed E-state index contributed by atoms with van der Waals surface area (Å²) in [5.74, 6) is -0.397. The zero-order chi connectivity index (χ0) is 21.5. The fourth-order valence-electron chi connectivity index (χ4n) is 4.37. The molecule has 0 aliphatic heterocycles. The molecule has 1 aromatic carbocycles. The summed E-state index contributed by atoms with van der Waals surface area (Å²) in [7, 11) is 0. The minimum atomic E-state index is -1.31. The topological polar surface area (TPSA) is 122 Å². The summed E-state index contributed by atoms with van der Waals surface area (Å²) in [5.41, 5.74) is 2.88. The van der Waals surface area contributed by atoms with E-state index in [0.717, 1.165) is 43.0 Å². The van der Waals surface area contributed by atoms with Crippen molar-refractivity contribution in [1.29, 1.82) is 0 Å². The van der Waals surface area contributed by atoms with Crippen molar-refractivity contribution in [3.63, 3.8) is 0 Å². The number of benzene rings is 1. The number of rotatable bonds is 4. The molecule has 1 aromatic rings. The zero-order valence-corrected chi connectivity index (χ0v) is 16.9. The van der Waals surface area contributed by atoms with Gasteiger partial charge in [0.15, 0.2) is 11.4 Å². The van der Waals surface area contributed by atoms with Crippen LogP contribution in [0.4, 0.5) is 11.4 Å². The lowest BCUT2D eigenvalue weighted by atomic mass is 9.80. The number of quaternary nitrogens is 2. The van der Waals surface area contributed by atoms with E-state index in [9.17, 15) is 25.6 Å². The summed E-state index contributed by atoms with van der Waals surface area (Å²) in [6, 6.07) is 3.32. The maximum atomic E-state index is 12.8. The Kier molecular flexibility index (Phi) is 5.96. The summed E-state index contributed by atoms with van der Waals surface area (Å²) in [6.45, 7) is 10.5. The Hall–Kier alpha value is -2.07. The molecule has 1 saturated carbocycles. The lowest BCUT2D eigenvalue weighted by Gasteiger charge is -2.32. The van der Waals surface area contributed by atoms with Gasteiger partial charge in [0, 0.05) is 29.9 Å². The molecule has 29 heavy (non-hydrogen) atoms. The van der Waals surface area contributed by atoms with Gasteiger partial charge in [-0.1, -0.05) is 37.1 Å². The normalized spacial score (nSPS) is 26.0. The van der Waals surface area contributed by atoms with Crippen LogP contribution in [0.15, 0.2) is 41.5 Å². The molecule has 158 valence electrons. The van der Waals surface area contributed by atoms with Gasteiger partial charge in [-0.15, -0.1) is 0 Å². The van der Waals surface area contributed by atoms with Gasteiger partial charge in [0.25, 0.3) is 0 Å². The minimum Gasteiger partial charge on any atom is -0.595 e. The molecule has 4 atom stereocenters. The summed E-state index contributed by atoms with van der Waals surface area (Å²) >= 11 is 0. The molecule has 8 nitrogen and oxygen atoms in total. The van der Waals surface area contributed by atoms with E-state index in [0.29, 0.717) is 12.3 Å². The van der Waals surface area contributed by atoms with Crippen LogP contribution in [0.1, 0.15) is 56.8 Å². The van der Waals surface area contributed by atoms with Crippen molar-refractivity contribution in [2.45, 2.75) is 52.6 Å². The molecule has 3 rings (SSSR count). The summed E-state index contributed by atoms with van der Waals surface area (Å²) in [5, 5.41) is 38.5. The number of allylic oxidation sites excluding steroid dienone is 2. The van der Waals surface area contributed by atoms with Crippen LogP contribution in [0.3, 0.4) is 0 Å². The first kappa shape index (κ1) is 21.6. The summed E-state index contributed by atoms with van der Waals surface area (Å²) in [4.78, 5) is 12.8. The lowest BCUT2D eigenvalue weighted by molar-refractivity contribution is -0.996. The molecular weight excluding hydrogens is 376 g/mol. The van der Waals surface area contributed by atoms with Crippen LogP contribution in [0.25, 0.3) is 0 Å². The smallest absolute Gasteiger partial charge is 0.338 e. The van der Waals surface area contributed by atoms with Crippen LogP contribution in [-0.4, -0.2) is 22.5 Å². The molecule has 0 bridgehead atoms. The molecule has 4 N–H and O–H groups in total. The second-order valence-electron chi connectivity index (χ2n) is 8.73. The third-order valence-corrected chi connectivity index (χ3v) is 6.15. The monoisotopic (exact) mass is 404 g/mol. The zero-order valence-electron chi connectivity index (χ0n) is 16.9. The van der Waals surface area contributed by atoms with Gasteiger partial charge in [0.1, 0.15) is 6.10 Å². The molecular formula is C21H28N2O6. The standard InChI is InChI=1S/C21H28N2O6/c1-12-5-6-17-13(2)7-19(21(3,4)11-18(12)17)29-20(24)14-8-15(22(25)26)10-16(9-14)23(27)28/h8-10,17,19,22-23,25,27H,2,5-7,11H2,1,3-4H3/t17-,19-/m1/s1. The van der Waals surface area contributed by atoms with Gasteiger partial charge in [0.2, 0.25) is 0 Å². The van der Waals surface area contributed by atoms with Crippen LogP contribution in [0.2, 0.25) is 0 Å². The molecule has 0 amide bonds. The molecule has 2 unspecified atom stereocenters. The first-order valence-electron chi connectivity index (χ1n) is 9.68. The van der Waals surface area contributed by atoms with E-state index in [1.807, 2.05) is 0 Å². The fraction of sp³-hybridized carbons (Fsp3) is 0.476. The van der Waals surface area contributed by atoms with Crippen LogP contribution in [-0.2, 0) is 4.74 Å². The van der Waals surface area contributed by atoms with E-state index in [4.69, 9.17) is 4.74 Å². The number of hydrogen-bond donors (Lipinski definition) is 4. The summed E-state index contributed by atoms with van der Waals surface area (Å²) < 4.78 is 5.80. The van der Waals surface area contributed by atoms with Crippen LogP contribution in [0.5, 0.6) is 0 Å². The third kappa shape index (κ3) is 4.42. The second kappa shape index (κ2) is 7.98. The molecule has 0 heterocycles. The fourth-order valence-corrected chi connectivity index (χ4v) is 4.37. The highest BCUT2D eigenvalue weighted by atomic mass is 16.8. The Morgan fingerprint density at radius 2 is 1.79 bits per heavy atom. The minimum absolute atomic E-state index is 0.0800. The predicted molar refractivity (Wildman–Crippen MR) is 105 cm³/mol. The number of carbonyl (C=O) groups excluding carboxylic acids is 1. The van der Waals surface area contributed by atoms with Crippen LogP contribution in [0, 0.1) is 21.7 Å². The first-order chi connectivity index (χ1) is 13.5. The first-order valence-corrected chi connectivity index (χ1v) is 9.68. The van der Waals surface area contributed by atoms with Crippen molar-refractivity contribution < 1.29 is 30.4 Å². The molecule has 1 fully saturated rings. The number of esters is 1. The van der Waals surface area contributed by atoms with E-state index >= 15 is 0 Å². The molecule has 8 heteroatoms. The highest BCUT2D eigenvalue weighted by Crippen LogP contribution is 2.49. The molecule has 0 saturated heterocycles. The van der Waals surface area contributed by atoms with E-state index < -0.39 is 22.5 Å². The Labute approximate surface area is 169 Å². The Balaban J connectivity index is 1.88. The van der Waals surface area contributed by atoms with Crippen molar-refractivity contribution in [1.82, 2.24) is 0 Å². The van der Waals surface area contributed by atoms with Crippen molar-refractivity contribution >= 4 is 17.3 Å². The Bertz CT molecular complexity index is 832. The van der Waals surface area contributed by atoms with Gasteiger partial charge in [-0.3, -0.25) is 0 Å². The van der Waals surface area contributed by atoms with Gasteiger partial charge in [-0.05, 0) is 26.2 Å². The Morgan fingerprint density at radius 1 is 1.21 bits per heavy atom. The maximum Gasteiger partial charge on any atom is 0.338 e. The average molecular weight is 404 g/mol. The van der Waals surface area contributed by atoms with Crippen molar-refractivity contribution in [3.8, 4) is 0 Å². The molecule has 2 aliphatic rings. The number of carbonyl (C=O) groups is 1. The van der Waals surface area contributed by atoms with Crippen molar-refractivity contribution in [2.24, 2.45) is 11.3 Å². The number of nitrogens with one attached hydrogen (secondary N) is 2. The van der Waals surface area contributed by atoms with Crippen molar-refractivity contribution in [3.05, 3.63) is 57.5 Å². The molecule has 2 aliphatic carbocycles. The molecule has 0 aromatic heterocycles. The van der Waals surface area contributed by atoms with Gasteiger partial charge in [-0.25, -0.2) is 15.2 Å². The van der Waals surface area contributed by atoms with E-state index in [1.165, 1.54) is 11.1 Å². The molecule has 0 spiro atoms. The average Bonchev–Trinajstić information content (AvgIpc) is 2.96. The SMILES string of the molecule is C=C1C[C@@H](OC(=O)c2cc([NH+]([O-])O)cc([NH+]([O-])O)c2)C(C)(C)CC2=C(C)CC[C@H]12. The van der Waals surface area contributed by atoms with Crippen LogP contribution >= 0.6 is 0 Å². The highest BCUT2D eigenvalue weighted by molar-refractivity contribution is 5.91. The lowest BCUT2D eigenvalue weighted by Crippen LogP contribution is -3.00. The van der Waals surface area contributed by atoms with Gasteiger partial charge in [0.05, 0.1) is 11.6 Å². The van der Waals surface area contributed by atoms with E-state index in [-0.39, 0.29) is 22.4 Å². The van der Waals surface area contributed by atoms with Crippen LogP contribution < -0.4 is 10.5 Å². The largest absolute Gasteiger partial charge is 0.595 e. The van der Waals surface area contributed by atoms with Gasteiger partial charge >= 0.3 is 5.97 Å². The predicted octanol–water partition coefficient (Wildman–Crippen LogP) is 2.12. The van der Waals surface area contributed by atoms with Crippen molar-refractivity contribution in [2.75, 3.05) is 0 Å². The summed E-state index contributed by atoms with van der Waals surface area (Å²) in [6.07, 6.45) is 3.01. The number of ether oxygens (including phenoxy) is 1. The van der Waals surface area contributed by atoms with E-state index in [2.05, 4.69) is 27.4 Å². The van der Waals surface area contributed by atoms with Gasteiger partial charge in [-0.2, -0.15) is 10.5 Å². The third-order valence-electron chi connectivity index (χ3n) is 6.15. The number of hydrogen-bond acceptors (Lipinski definition) is 6. The second-order valence-corrected chi connectivity index (χ2v) is 8.73. The highest BCUT2D eigenvalue weighted by Gasteiger charge is 2.42. The molecule has 0 radical (unpaired) electrons. The van der Waals surface area contributed by atoms with E-state index in [1.54, 1.807) is 0 Å². The maximum absolute atomic E-state index is 12.8. The quantitative estimate of drug-likeness (QED) is 0.346.